The van der Waals surface area contributed by atoms with Crippen LogP contribution in [0.1, 0.15) is 51.2 Å². The molecule has 0 aliphatic carbocycles. The van der Waals surface area contributed by atoms with Crippen LogP contribution in [0.2, 0.25) is 0 Å². The number of thiophene rings is 1. The van der Waals surface area contributed by atoms with Gasteiger partial charge in [0.25, 0.3) is 5.91 Å². The molecular formula is C19H27N3O3S. The summed E-state index contributed by atoms with van der Waals surface area (Å²) in [4.78, 5) is 16.1. The van der Waals surface area contributed by atoms with Crippen molar-refractivity contribution < 1.29 is 14.4 Å². The van der Waals surface area contributed by atoms with E-state index in [2.05, 4.69) is 15.4 Å². The van der Waals surface area contributed by atoms with Gasteiger partial charge in [-0.15, -0.1) is 11.3 Å². The normalized spacial score (nSPS) is 15.7. The molecule has 1 amide bonds. The van der Waals surface area contributed by atoms with Gasteiger partial charge >= 0.3 is 0 Å². The van der Waals surface area contributed by atoms with Crippen LogP contribution in [-0.4, -0.2) is 40.8 Å². The molecule has 6 nitrogen and oxygen atoms in total. The summed E-state index contributed by atoms with van der Waals surface area (Å²) in [6.07, 6.45) is 1.68. The minimum atomic E-state index is 0.00631. The molecule has 2 aromatic heterocycles. The van der Waals surface area contributed by atoms with E-state index in [1.807, 2.05) is 26.2 Å². The molecule has 0 unspecified atom stereocenters. The molecule has 0 spiro atoms. The fourth-order valence-corrected chi connectivity index (χ4v) is 4.40. The van der Waals surface area contributed by atoms with E-state index in [0.29, 0.717) is 6.54 Å². The third-order valence-electron chi connectivity index (χ3n) is 5.07. The highest BCUT2D eigenvalue weighted by molar-refractivity contribution is 7.10. The van der Waals surface area contributed by atoms with E-state index in [1.54, 1.807) is 11.3 Å². The Kier molecular flexibility index (Phi) is 6.11. The molecule has 0 saturated heterocycles. The Hall–Kier alpha value is -1.70. The number of aliphatic hydroxyl groups excluding tert-OH is 1. The molecule has 3 rings (SSSR count). The fourth-order valence-electron chi connectivity index (χ4n) is 3.28. The smallest absolute Gasteiger partial charge is 0.252 e. The topological polar surface area (TPSA) is 78.6 Å². The minimum Gasteiger partial charge on any atom is -0.396 e. The van der Waals surface area contributed by atoms with E-state index in [4.69, 9.17) is 9.63 Å². The van der Waals surface area contributed by atoms with Gasteiger partial charge in [0, 0.05) is 48.6 Å². The second-order valence-corrected chi connectivity index (χ2v) is 8.11. The van der Waals surface area contributed by atoms with E-state index >= 15 is 0 Å². The average Bonchev–Trinajstić information content (AvgIpc) is 3.19. The summed E-state index contributed by atoms with van der Waals surface area (Å²) < 4.78 is 5.26. The van der Waals surface area contributed by atoms with Gasteiger partial charge in [-0.2, -0.15) is 0 Å². The van der Waals surface area contributed by atoms with E-state index in [0.717, 1.165) is 49.5 Å². The van der Waals surface area contributed by atoms with Crippen molar-refractivity contribution in [1.82, 2.24) is 15.4 Å². The van der Waals surface area contributed by atoms with Crippen LogP contribution in [0.5, 0.6) is 0 Å². The molecular weight excluding hydrogens is 350 g/mol. The van der Waals surface area contributed by atoms with Gasteiger partial charge in [0.15, 0.2) is 0 Å². The zero-order valence-corrected chi connectivity index (χ0v) is 16.5. The first-order valence-electron chi connectivity index (χ1n) is 9.12. The van der Waals surface area contributed by atoms with Gasteiger partial charge in [-0.05, 0) is 38.2 Å². The molecule has 1 aliphatic rings. The molecule has 0 radical (unpaired) electrons. The number of amides is 1. The Balaban J connectivity index is 1.60. The Labute approximate surface area is 158 Å². The maximum Gasteiger partial charge on any atom is 0.252 e. The quantitative estimate of drug-likeness (QED) is 0.776. The Morgan fingerprint density at radius 2 is 2.31 bits per heavy atom. The summed E-state index contributed by atoms with van der Waals surface area (Å²) in [5, 5.41) is 18.1. The molecule has 142 valence electrons. The number of aliphatic hydroxyl groups is 1. The summed E-state index contributed by atoms with van der Waals surface area (Å²) in [6, 6.07) is 0. The first-order chi connectivity index (χ1) is 12.5. The standard InChI is InChI=1S/C19H27N3O3S/c1-12(10-23)4-6-20-19(24)17-11-26-18-9-22(7-5-15(17)18)8-16-13(2)21-25-14(16)3/h11-12,23H,4-10H2,1-3H3,(H,20,24)/t12-/m1/s1. The summed E-state index contributed by atoms with van der Waals surface area (Å²) in [6.45, 7) is 9.29. The molecule has 2 aromatic rings. The first kappa shape index (κ1) is 19.1. The number of hydrogen-bond acceptors (Lipinski definition) is 6. The van der Waals surface area contributed by atoms with Gasteiger partial charge < -0.3 is 14.9 Å². The molecule has 2 N–H and O–H groups in total. The predicted octanol–water partition coefficient (Wildman–Crippen LogP) is 2.66. The molecule has 26 heavy (non-hydrogen) atoms. The monoisotopic (exact) mass is 377 g/mol. The lowest BCUT2D eigenvalue weighted by molar-refractivity contribution is 0.0948. The van der Waals surface area contributed by atoms with Crippen molar-refractivity contribution in [3.05, 3.63) is 38.4 Å². The van der Waals surface area contributed by atoms with E-state index < -0.39 is 0 Å². The number of nitrogens with one attached hydrogen (secondary N) is 1. The van der Waals surface area contributed by atoms with Crippen molar-refractivity contribution in [2.75, 3.05) is 19.7 Å². The minimum absolute atomic E-state index is 0.00631. The van der Waals surface area contributed by atoms with Crippen LogP contribution < -0.4 is 5.32 Å². The number of carbonyl (C=O) groups is 1. The van der Waals surface area contributed by atoms with Gasteiger partial charge in [0.2, 0.25) is 0 Å². The number of nitrogens with zero attached hydrogens (tertiary/aromatic N) is 2. The maximum absolute atomic E-state index is 12.5. The highest BCUT2D eigenvalue weighted by atomic mass is 32.1. The molecule has 7 heteroatoms. The molecule has 1 atom stereocenters. The third kappa shape index (κ3) is 4.16. The van der Waals surface area contributed by atoms with Crippen LogP contribution in [0, 0.1) is 19.8 Å². The Morgan fingerprint density at radius 1 is 1.50 bits per heavy atom. The summed E-state index contributed by atoms with van der Waals surface area (Å²) >= 11 is 1.67. The molecule has 0 fully saturated rings. The highest BCUT2D eigenvalue weighted by Crippen LogP contribution is 2.30. The van der Waals surface area contributed by atoms with Crippen LogP contribution in [0.15, 0.2) is 9.90 Å². The van der Waals surface area contributed by atoms with E-state index in [1.165, 1.54) is 16.0 Å². The number of aromatic nitrogens is 1. The lowest BCUT2D eigenvalue weighted by Crippen LogP contribution is -2.31. The highest BCUT2D eigenvalue weighted by Gasteiger charge is 2.25. The van der Waals surface area contributed by atoms with Crippen LogP contribution >= 0.6 is 11.3 Å². The van der Waals surface area contributed by atoms with Crippen molar-refractivity contribution in [2.45, 2.75) is 46.7 Å². The van der Waals surface area contributed by atoms with Crippen LogP contribution in [-0.2, 0) is 19.5 Å². The van der Waals surface area contributed by atoms with Crippen LogP contribution in [0.4, 0.5) is 0 Å². The lowest BCUT2D eigenvalue weighted by Gasteiger charge is -2.27. The fraction of sp³-hybridized carbons (Fsp3) is 0.579. The maximum atomic E-state index is 12.5. The summed E-state index contributed by atoms with van der Waals surface area (Å²) in [5.74, 6) is 1.10. The Bertz CT molecular complexity index is 749. The lowest BCUT2D eigenvalue weighted by atomic mass is 10.0. The van der Waals surface area contributed by atoms with Crippen LogP contribution in [0.25, 0.3) is 0 Å². The zero-order valence-electron chi connectivity index (χ0n) is 15.7. The number of rotatable bonds is 7. The van der Waals surface area contributed by atoms with Crippen molar-refractivity contribution >= 4 is 17.2 Å². The second kappa shape index (κ2) is 8.33. The van der Waals surface area contributed by atoms with Crippen LogP contribution in [0.3, 0.4) is 0 Å². The molecule has 0 aromatic carbocycles. The van der Waals surface area contributed by atoms with Gasteiger partial charge in [-0.3, -0.25) is 9.69 Å². The first-order valence-corrected chi connectivity index (χ1v) is 10.00. The summed E-state index contributed by atoms with van der Waals surface area (Å²) in [5.41, 5.74) is 4.13. The van der Waals surface area contributed by atoms with Gasteiger partial charge in [-0.25, -0.2) is 0 Å². The van der Waals surface area contributed by atoms with Gasteiger partial charge in [0.05, 0.1) is 11.3 Å². The number of carbonyl (C=O) groups excluding carboxylic acids is 1. The molecule has 0 bridgehead atoms. The van der Waals surface area contributed by atoms with Crippen molar-refractivity contribution in [1.29, 1.82) is 0 Å². The molecule has 0 saturated carbocycles. The van der Waals surface area contributed by atoms with Crippen molar-refractivity contribution in [2.24, 2.45) is 5.92 Å². The van der Waals surface area contributed by atoms with Gasteiger partial charge in [0.1, 0.15) is 5.76 Å². The Morgan fingerprint density at radius 3 is 3.00 bits per heavy atom. The zero-order chi connectivity index (χ0) is 18.7. The van der Waals surface area contributed by atoms with E-state index in [9.17, 15) is 4.79 Å². The average molecular weight is 378 g/mol. The predicted molar refractivity (Wildman–Crippen MR) is 101 cm³/mol. The SMILES string of the molecule is Cc1noc(C)c1CN1CCc2c(C(=O)NCC[C@@H](C)CO)csc2C1. The van der Waals surface area contributed by atoms with E-state index in [-0.39, 0.29) is 18.4 Å². The molecule has 3 heterocycles. The second-order valence-electron chi connectivity index (χ2n) is 7.15. The van der Waals surface area contributed by atoms with Crippen molar-refractivity contribution in [3.8, 4) is 0 Å². The third-order valence-corrected chi connectivity index (χ3v) is 6.08. The number of aryl methyl sites for hydroxylation is 2. The van der Waals surface area contributed by atoms with Crippen molar-refractivity contribution in [3.63, 3.8) is 0 Å². The number of hydrogen-bond donors (Lipinski definition) is 2. The molecule has 1 aliphatic heterocycles. The van der Waals surface area contributed by atoms with Gasteiger partial charge in [-0.1, -0.05) is 12.1 Å². The number of fused-ring (bicyclic) bond motifs is 1. The largest absolute Gasteiger partial charge is 0.396 e. The summed E-state index contributed by atoms with van der Waals surface area (Å²) in [7, 11) is 0.